The Morgan fingerprint density at radius 2 is 1.92 bits per heavy atom. The predicted octanol–water partition coefficient (Wildman–Crippen LogP) is 3.49. The molecule has 0 aromatic heterocycles. The zero-order chi connectivity index (χ0) is 18.1. The minimum Gasteiger partial charge on any atom is -0.449 e. The fraction of sp³-hybridized carbons (Fsp3) is 0.263. The third-order valence-corrected chi connectivity index (χ3v) is 4.23. The van der Waals surface area contributed by atoms with Crippen molar-refractivity contribution >= 4 is 17.6 Å². The number of hydrogen-bond donors (Lipinski definition) is 0. The standard InChI is InChI=1S/C19H17F2NO3/c1-11-9-13-5-3-4-6-17(13)22(11)18(23)12(2)25-19(24)15-8-7-14(20)10-16(15)21/h3-8,10-12H,9H2,1-2H3/t11-,12+/m0/s1. The topological polar surface area (TPSA) is 46.6 Å². The Kier molecular flexibility index (Phi) is 4.53. The molecule has 2 atom stereocenters. The second-order valence-electron chi connectivity index (χ2n) is 6.06. The van der Waals surface area contributed by atoms with E-state index in [-0.39, 0.29) is 11.9 Å². The molecule has 0 saturated carbocycles. The number of amides is 1. The van der Waals surface area contributed by atoms with Gasteiger partial charge >= 0.3 is 5.97 Å². The normalized spacial score (nSPS) is 17.1. The van der Waals surface area contributed by atoms with E-state index in [0.717, 1.165) is 29.8 Å². The Balaban J connectivity index is 1.76. The Bertz CT molecular complexity index is 837. The van der Waals surface area contributed by atoms with Crippen LogP contribution in [-0.4, -0.2) is 24.0 Å². The molecule has 2 aromatic rings. The van der Waals surface area contributed by atoms with E-state index in [4.69, 9.17) is 4.74 Å². The number of nitrogens with zero attached hydrogens (tertiary/aromatic N) is 1. The third kappa shape index (κ3) is 3.24. The first kappa shape index (κ1) is 17.1. The van der Waals surface area contributed by atoms with Crippen LogP contribution in [0.25, 0.3) is 0 Å². The van der Waals surface area contributed by atoms with E-state index < -0.39 is 29.3 Å². The Morgan fingerprint density at radius 1 is 1.20 bits per heavy atom. The first-order valence-electron chi connectivity index (χ1n) is 7.95. The summed E-state index contributed by atoms with van der Waals surface area (Å²) in [4.78, 5) is 26.4. The van der Waals surface area contributed by atoms with Crippen LogP contribution in [0.3, 0.4) is 0 Å². The van der Waals surface area contributed by atoms with Gasteiger partial charge in [0.1, 0.15) is 11.6 Å². The van der Waals surface area contributed by atoms with E-state index in [1.807, 2.05) is 31.2 Å². The molecule has 0 aliphatic carbocycles. The van der Waals surface area contributed by atoms with Crippen molar-refractivity contribution in [3.05, 3.63) is 65.2 Å². The van der Waals surface area contributed by atoms with Crippen LogP contribution in [0.15, 0.2) is 42.5 Å². The number of fused-ring (bicyclic) bond motifs is 1. The lowest BCUT2D eigenvalue weighted by atomic mass is 10.1. The van der Waals surface area contributed by atoms with Crippen molar-refractivity contribution in [3.8, 4) is 0 Å². The number of halogens is 2. The molecule has 2 aromatic carbocycles. The Morgan fingerprint density at radius 3 is 2.64 bits per heavy atom. The Hall–Kier alpha value is -2.76. The van der Waals surface area contributed by atoms with E-state index in [2.05, 4.69) is 0 Å². The van der Waals surface area contributed by atoms with Gasteiger partial charge in [-0.1, -0.05) is 18.2 Å². The second-order valence-corrected chi connectivity index (χ2v) is 6.06. The van der Waals surface area contributed by atoms with Gasteiger partial charge in [-0.25, -0.2) is 13.6 Å². The molecule has 0 bridgehead atoms. The van der Waals surface area contributed by atoms with Crippen LogP contribution in [-0.2, 0) is 16.0 Å². The molecule has 4 nitrogen and oxygen atoms in total. The largest absolute Gasteiger partial charge is 0.449 e. The molecular formula is C19H17F2NO3. The molecule has 1 aliphatic heterocycles. The van der Waals surface area contributed by atoms with Crippen molar-refractivity contribution in [1.29, 1.82) is 0 Å². The minimum atomic E-state index is -1.09. The molecule has 0 spiro atoms. The highest BCUT2D eigenvalue weighted by Gasteiger charge is 2.34. The number of anilines is 1. The molecule has 130 valence electrons. The SMILES string of the molecule is C[C@@H](OC(=O)c1ccc(F)cc1F)C(=O)N1c2ccccc2C[C@@H]1C. The number of ether oxygens (including phenoxy) is 1. The van der Waals surface area contributed by atoms with E-state index in [9.17, 15) is 18.4 Å². The average molecular weight is 345 g/mol. The van der Waals surface area contributed by atoms with Gasteiger partial charge in [-0.05, 0) is 44.0 Å². The van der Waals surface area contributed by atoms with Crippen molar-refractivity contribution in [2.24, 2.45) is 0 Å². The van der Waals surface area contributed by atoms with Crippen molar-refractivity contribution in [3.63, 3.8) is 0 Å². The number of rotatable bonds is 3. The molecular weight excluding hydrogens is 328 g/mol. The number of benzene rings is 2. The van der Waals surface area contributed by atoms with Gasteiger partial charge in [0.05, 0.1) is 5.56 Å². The summed E-state index contributed by atoms with van der Waals surface area (Å²) in [5.74, 6) is -3.20. The average Bonchev–Trinajstić information content (AvgIpc) is 2.89. The van der Waals surface area contributed by atoms with Gasteiger partial charge < -0.3 is 9.64 Å². The fourth-order valence-electron chi connectivity index (χ4n) is 3.03. The summed E-state index contributed by atoms with van der Waals surface area (Å²) >= 11 is 0. The van der Waals surface area contributed by atoms with E-state index in [1.54, 1.807) is 4.90 Å². The van der Waals surface area contributed by atoms with Gasteiger partial charge in [-0.2, -0.15) is 0 Å². The zero-order valence-electron chi connectivity index (χ0n) is 13.8. The first-order valence-corrected chi connectivity index (χ1v) is 7.95. The number of carbonyl (C=O) groups is 2. The van der Waals surface area contributed by atoms with Crippen molar-refractivity contribution in [1.82, 2.24) is 0 Å². The third-order valence-electron chi connectivity index (χ3n) is 4.23. The van der Waals surface area contributed by atoms with Gasteiger partial charge in [-0.15, -0.1) is 0 Å². The highest BCUT2D eigenvalue weighted by Crippen LogP contribution is 2.32. The predicted molar refractivity (Wildman–Crippen MR) is 88.3 cm³/mol. The minimum absolute atomic E-state index is 0.0615. The molecule has 0 fully saturated rings. The van der Waals surface area contributed by atoms with Crippen LogP contribution in [0.2, 0.25) is 0 Å². The summed E-state index contributed by atoms with van der Waals surface area (Å²) in [5.41, 5.74) is 1.43. The molecule has 25 heavy (non-hydrogen) atoms. The Labute approximate surface area is 144 Å². The monoisotopic (exact) mass is 345 g/mol. The van der Waals surface area contributed by atoms with Crippen molar-refractivity contribution < 1.29 is 23.1 Å². The summed E-state index contributed by atoms with van der Waals surface area (Å²) < 4.78 is 31.7. The molecule has 6 heteroatoms. The molecule has 1 heterocycles. The van der Waals surface area contributed by atoms with E-state index in [0.29, 0.717) is 6.07 Å². The maximum atomic E-state index is 13.7. The summed E-state index contributed by atoms with van der Waals surface area (Å²) in [5, 5.41) is 0. The van der Waals surface area contributed by atoms with Gasteiger partial charge in [-0.3, -0.25) is 4.79 Å². The van der Waals surface area contributed by atoms with E-state index >= 15 is 0 Å². The van der Waals surface area contributed by atoms with Gasteiger partial charge in [0.25, 0.3) is 5.91 Å². The zero-order valence-corrected chi connectivity index (χ0v) is 13.8. The molecule has 3 rings (SSSR count). The summed E-state index contributed by atoms with van der Waals surface area (Å²) in [6.45, 7) is 3.35. The summed E-state index contributed by atoms with van der Waals surface area (Å²) in [6.07, 6.45) is -0.375. The van der Waals surface area contributed by atoms with Crippen LogP contribution in [0, 0.1) is 11.6 Å². The van der Waals surface area contributed by atoms with Gasteiger partial charge in [0.15, 0.2) is 6.10 Å². The van der Waals surface area contributed by atoms with E-state index in [1.165, 1.54) is 6.92 Å². The fourth-order valence-corrected chi connectivity index (χ4v) is 3.03. The smallest absolute Gasteiger partial charge is 0.341 e. The van der Waals surface area contributed by atoms with Crippen LogP contribution in [0.4, 0.5) is 14.5 Å². The highest BCUT2D eigenvalue weighted by molar-refractivity contribution is 6.00. The first-order chi connectivity index (χ1) is 11.9. The number of esters is 1. The molecule has 0 unspecified atom stereocenters. The van der Waals surface area contributed by atoms with Gasteiger partial charge in [0.2, 0.25) is 0 Å². The molecule has 0 radical (unpaired) electrons. The van der Waals surface area contributed by atoms with Crippen molar-refractivity contribution in [2.75, 3.05) is 4.90 Å². The summed E-state index contributed by atoms with van der Waals surface area (Å²) in [6, 6.07) is 10.0. The number of para-hydroxylation sites is 1. The quantitative estimate of drug-likeness (QED) is 0.800. The highest BCUT2D eigenvalue weighted by atomic mass is 19.1. The lowest BCUT2D eigenvalue weighted by Crippen LogP contribution is -2.43. The van der Waals surface area contributed by atoms with Crippen LogP contribution in [0.5, 0.6) is 0 Å². The van der Waals surface area contributed by atoms with Crippen molar-refractivity contribution in [2.45, 2.75) is 32.4 Å². The number of hydrogen-bond acceptors (Lipinski definition) is 3. The number of carbonyl (C=O) groups excluding carboxylic acids is 2. The lowest BCUT2D eigenvalue weighted by molar-refractivity contribution is -0.126. The van der Waals surface area contributed by atoms with Crippen LogP contribution >= 0.6 is 0 Å². The molecule has 1 amide bonds. The maximum Gasteiger partial charge on any atom is 0.341 e. The van der Waals surface area contributed by atoms with Crippen LogP contribution in [0.1, 0.15) is 29.8 Å². The summed E-state index contributed by atoms with van der Waals surface area (Å²) in [7, 11) is 0. The van der Waals surface area contributed by atoms with Gasteiger partial charge in [0, 0.05) is 17.8 Å². The van der Waals surface area contributed by atoms with Crippen LogP contribution < -0.4 is 4.90 Å². The molecule has 1 aliphatic rings. The molecule has 0 saturated heterocycles. The second kappa shape index (κ2) is 6.63. The maximum absolute atomic E-state index is 13.7. The lowest BCUT2D eigenvalue weighted by Gasteiger charge is -2.26. The molecule has 0 N–H and O–H groups in total.